The molecule has 0 radical (unpaired) electrons. The average molecular weight is 471 g/mol. The lowest BCUT2D eigenvalue weighted by Crippen LogP contribution is -2.33. The van der Waals surface area contributed by atoms with Gasteiger partial charge in [0.2, 0.25) is 5.91 Å². The normalized spacial score (nSPS) is 15.9. The molecular formula is C28H27ClN4O. The monoisotopic (exact) mass is 470 g/mol. The largest absolute Gasteiger partial charge is 0.342 e. The smallest absolute Gasteiger partial charge is 0.219 e. The molecule has 0 bridgehead atoms. The van der Waals surface area contributed by atoms with Gasteiger partial charge in [0.25, 0.3) is 0 Å². The zero-order chi connectivity index (χ0) is 23.2. The summed E-state index contributed by atoms with van der Waals surface area (Å²) in [4.78, 5) is 21.3. The van der Waals surface area contributed by atoms with Gasteiger partial charge in [-0.05, 0) is 59.4 Å². The third-order valence-electron chi connectivity index (χ3n) is 7.04. The first kappa shape index (κ1) is 21.4. The molecule has 4 aromatic rings. The number of halogens is 1. The summed E-state index contributed by atoms with van der Waals surface area (Å²) in [5.74, 6) is 0.158. The van der Waals surface area contributed by atoms with Crippen LogP contribution in [0.1, 0.15) is 30.2 Å². The maximum absolute atomic E-state index is 11.9. The fraction of sp³-hybridized carbons (Fsp3) is 0.286. The number of nitrogens with zero attached hydrogens (tertiary/aromatic N) is 4. The Morgan fingerprint density at radius 1 is 0.912 bits per heavy atom. The van der Waals surface area contributed by atoms with Gasteiger partial charge in [-0.3, -0.25) is 9.69 Å². The van der Waals surface area contributed by atoms with Crippen molar-refractivity contribution >= 4 is 23.2 Å². The van der Waals surface area contributed by atoms with Gasteiger partial charge in [-0.15, -0.1) is 0 Å². The van der Waals surface area contributed by atoms with Crippen molar-refractivity contribution in [2.24, 2.45) is 0 Å². The second kappa shape index (κ2) is 8.57. The van der Waals surface area contributed by atoms with Crippen LogP contribution < -0.4 is 0 Å². The van der Waals surface area contributed by atoms with Crippen LogP contribution in [0.25, 0.3) is 28.0 Å². The first-order chi connectivity index (χ1) is 16.5. The molecule has 0 spiro atoms. The van der Waals surface area contributed by atoms with Crippen molar-refractivity contribution in [3.63, 3.8) is 0 Å². The Morgan fingerprint density at radius 2 is 1.71 bits per heavy atom. The van der Waals surface area contributed by atoms with Crippen LogP contribution in [0.3, 0.4) is 0 Å². The molecular weight excluding hydrogens is 444 g/mol. The lowest BCUT2D eigenvalue weighted by atomic mass is 10.1. The number of benzene rings is 2. The highest BCUT2D eigenvalue weighted by atomic mass is 35.5. The molecule has 0 N–H and O–H groups in total. The van der Waals surface area contributed by atoms with Gasteiger partial charge in [0, 0.05) is 56.4 Å². The fourth-order valence-corrected chi connectivity index (χ4v) is 5.11. The first-order valence-electron chi connectivity index (χ1n) is 11.9. The van der Waals surface area contributed by atoms with E-state index in [4.69, 9.17) is 16.6 Å². The van der Waals surface area contributed by atoms with Crippen LogP contribution in [0, 0.1) is 0 Å². The Kier molecular flexibility index (Phi) is 5.39. The van der Waals surface area contributed by atoms with Crippen LogP contribution in [-0.2, 0) is 17.8 Å². The van der Waals surface area contributed by atoms with E-state index in [0.29, 0.717) is 0 Å². The molecule has 1 amide bonds. The standard InChI is InChI=1S/C28H27ClN4O/c1-19(34)32-12-2-11-31(13-14-32)18-26-28(20-5-8-25(29)9-6-20)30-27-10-7-23(17-33(26)27)21-3-4-22-16-24(22)15-21/h3-10,15,17H,2,11-14,16,18H2,1H3. The van der Waals surface area contributed by atoms with Crippen molar-refractivity contribution in [1.82, 2.24) is 19.2 Å². The third kappa shape index (κ3) is 4.10. The highest BCUT2D eigenvalue weighted by Gasteiger charge is 2.22. The van der Waals surface area contributed by atoms with Gasteiger partial charge in [0.1, 0.15) is 5.65 Å². The molecule has 0 saturated carbocycles. The summed E-state index contributed by atoms with van der Waals surface area (Å²) in [5, 5.41) is 0.720. The molecule has 0 unspecified atom stereocenters. The van der Waals surface area contributed by atoms with Gasteiger partial charge in [-0.2, -0.15) is 0 Å². The van der Waals surface area contributed by atoms with Gasteiger partial charge in [-0.25, -0.2) is 4.98 Å². The zero-order valence-electron chi connectivity index (χ0n) is 19.3. The van der Waals surface area contributed by atoms with Gasteiger partial charge >= 0.3 is 0 Å². The second-order valence-corrected chi connectivity index (χ2v) is 9.79. The molecule has 3 heterocycles. The summed E-state index contributed by atoms with van der Waals surface area (Å²) >= 11 is 6.17. The number of amides is 1. The molecule has 2 aromatic heterocycles. The van der Waals surface area contributed by atoms with E-state index in [1.807, 2.05) is 29.2 Å². The van der Waals surface area contributed by atoms with Gasteiger partial charge in [0.05, 0.1) is 11.4 Å². The highest BCUT2D eigenvalue weighted by molar-refractivity contribution is 6.30. The predicted octanol–water partition coefficient (Wildman–Crippen LogP) is 5.28. The number of carbonyl (C=O) groups excluding carboxylic acids is 1. The maximum atomic E-state index is 11.9. The number of pyridine rings is 1. The number of fused-ring (bicyclic) bond motifs is 2. The molecule has 0 atom stereocenters. The molecule has 34 heavy (non-hydrogen) atoms. The van der Waals surface area contributed by atoms with Crippen LogP contribution in [0.5, 0.6) is 0 Å². The molecule has 6 heteroatoms. The van der Waals surface area contributed by atoms with Crippen LogP contribution >= 0.6 is 11.6 Å². The summed E-state index contributed by atoms with van der Waals surface area (Å²) < 4.78 is 2.25. The highest BCUT2D eigenvalue weighted by Crippen LogP contribution is 2.34. The Bertz CT molecular complexity index is 1390. The zero-order valence-corrected chi connectivity index (χ0v) is 20.1. The number of aromatic nitrogens is 2. The van der Waals surface area contributed by atoms with Crippen molar-refractivity contribution in [3.8, 4) is 22.4 Å². The van der Waals surface area contributed by atoms with E-state index in [1.54, 1.807) is 6.92 Å². The minimum atomic E-state index is 0.158. The predicted molar refractivity (Wildman–Crippen MR) is 136 cm³/mol. The van der Waals surface area contributed by atoms with Crippen molar-refractivity contribution in [2.75, 3.05) is 26.2 Å². The van der Waals surface area contributed by atoms with Gasteiger partial charge in [-0.1, -0.05) is 41.9 Å². The minimum absolute atomic E-state index is 0.158. The van der Waals surface area contributed by atoms with Gasteiger partial charge in [0.15, 0.2) is 0 Å². The Balaban J connectivity index is 1.41. The molecule has 6 rings (SSSR count). The van der Waals surface area contributed by atoms with E-state index in [1.165, 1.54) is 27.9 Å². The minimum Gasteiger partial charge on any atom is -0.342 e. The van der Waals surface area contributed by atoms with E-state index >= 15 is 0 Å². The molecule has 2 aromatic carbocycles. The van der Waals surface area contributed by atoms with Crippen molar-refractivity contribution in [1.29, 1.82) is 0 Å². The van der Waals surface area contributed by atoms with E-state index < -0.39 is 0 Å². The van der Waals surface area contributed by atoms with Gasteiger partial charge < -0.3 is 9.30 Å². The second-order valence-electron chi connectivity index (χ2n) is 9.36. The third-order valence-corrected chi connectivity index (χ3v) is 7.29. The quantitative estimate of drug-likeness (QED) is 0.359. The van der Waals surface area contributed by atoms with E-state index in [0.717, 1.165) is 67.5 Å². The van der Waals surface area contributed by atoms with Crippen LogP contribution in [0.15, 0.2) is 60.8 Å². The summed E-state index contributed by atoms with van der Waals surface area (Å²) in [5.41, 5.74) is 9.51. The lowest BCUT2D eigenvalue weighted by Gasteiger charge is -2.21. The average Bonchev–Trinajstić information content (AvgIpc) is 3.58. The van der Waals surface area contributed by atoms with E-state index in [2.05, 4.69) is 45.8 Å². The lowest BCUT2D eigenvalue weighted by molar-refractivity contribution is -0.128. The van der Waals surface area contributed by atoms with Crippen LogP contribution in [0.4, 0.5) is 0 Å². The molecule has 5 nitrogen and oxygen atoms in total. The fourth-order valence-electron chi connectivity index (χ4n) is 4.99. The molecule has 1 aliphatic carbocycles. The van der Waals surface area contributed by atoms with Crippen molar-refractivity contribution < 1.29 is 4.79 Å². The topological polar surface area (TPSA) is 40.9 Å². The Morgan fingerprint density at radius 3 is 2.50 bits per heavy atom. The van der Waals surface area contributed by atoms with Crippen molar-refractivity contribution in [3.05, 3.63) is 82.6 Å². The number of rotatable bonds is 4. The molecule has 172 valence electrons. The van der Waals surface area contributed by atoms with Crippen LogP contribution in [0.2, 0.25) is 5.02 Å². The maximum Gasteiger partial charge on any atom is 0.219 e. The van der Waals surface area contributed by atoms with E-state index in [9.17, 15) is 4.79 Å². The SMILES string of the molecule is CC(=O)N1CCCN(Cc2c(-c3ccc(Cl)cc3)nc3ccc(-c4ccc5c(c4)C5)cn23)CC1. The number of carbonyl (C=O) groups is 1. The molecule has 1 saturated heterocycles. The Hall–Kier alpha value is -3.15. The summed E-state index contributed by atoms with van der Waals surface area (Å²) in [6.07, 6.45) is 4.32. The van der Waals surface area contributed by atoms with Crippen molar-refractivity contribution in [2.45, 2.75) is 26.3 Å². The number of imidazole rings is 1. The Labute approximate surface area is 204 Å². The summed E-state index contributed by atoms with van der Waals surface area (Å²) in [6, 6.07) is 19.0. The number of hydrogen-bond acceptors (Lipinski definition) is 3. The molecule has 1 aliphatic heterocycles. The van der Waals surface area contributed by atoms with Crippen LogP contribution in [-0.4, -0.2) is 51.3 Å². The summed E-state index contributed by atoms with van der Waals surface area (Å²) in [6.45, 7) is 5.85. The van der Waals surface area contributed by atoms with E-state index in [-0.39, 0.29) is 5.91 Å². The number of hydrogen-bond donors (Lipinski definition) is 0. The summed E-state index contributed by atoms with van der Waals surface area (Å²) in [7, 11) is 0. The first-order valence-corrected chi connectivity index (χ1v) is 12.3. The molecule has 2 aliphatic rings. The molecule has 1 fully saturated rings.